The Morgan fingerprint density at radius 1 is 1.12 bits per heavy atom. The maximum Gasteiger partial charge on any atom is 0.266 e. The second-order valence-electron chi connectivity index (χ2n) is 7.43. The lowest BCUT2D eigenvalue weighted by Gasteiger charge is -2.26. The van der Waals surface area contributed by atoms with Crippen molar-refractivity contribution in [3.63, 3.8) is 0 Å². The van der Waals surface area contributed by atoms with Crippen LogP contribution in [-0.2, 0) is 9.53 Å². The number of aliphatic imine (C=N–C) groups is 1. The molecule has 4 rings (SSSR count). The fourth-order valence-corrected chi connectivity index (χ4v) is 4.49. The Kier molecular flexibility index (Phi) is 7.00. The van der Waals surface area contributed by atoms with E-state index in [0.29, 0.717) is 59.1 Å². The first-order chi connectivity index (χ1) is 16.0. The molecular formula is C24H25N3O5S. The second-order valence-corrected chi connectivity index (χ2v) is 8.44. The number of hydrogen-bond acceptors (Lipinski definition) is 7. The van der Waals surface area contributed by atoms with Crippen LogP contribution in [0.1, 0.15) is 15.9 Å². The lowest BCUT2D eigenvalue weighted by atomic mass is 10.1. The molecule has 9 heteroatoms. The Morgan fingerprint density at radius 2 is 1.91 bits per heavy atom. The van der Waals surface area contributed by atoms with E-state index in [1.54, 1.807) is 62.6 Å². The third kappa shape index (κ3) is 5.04. The summed E-state index contributed by atoms with van der Waals surface area (Å²) in [5.41, 5.74) is 1.91. The largest absolute Gasteiger partial charge is 0.497 e. The fraction of sp³-hybridized carbons (Fsp3) is 0.292. The Bertz CT molecular complexity index is 1120. The number of morpholine rings is 1. The summed E-state index contributed by atoms with van der Waals surface area (Å²) in [5, 5.41) is 0.532. The zero-order valence-electron chi connectivity index (χ0n) is 18.7. The third-order valence-electron chi connectivity index (χ3n) is 5.34. The number of carbonyl (C=O) groups excluding carboxylic acids is 2. The van der Waals surface area contributed by atoms with Crippen LogP contribution in [0.3, 0.4) is 0 Å². The first-order valence-corrected chi connectivity index (χ1v) is 11.3. The smallest absolute Gasteiger partial charge is 0.266 e. The molecule has 0 saturated carbocycles. The first kappa shape index (κ1) is 22.9. The predicted molar refractivity (Wildman–Crippen MR) is 128 cm³/mol. The summed E-state index contributed by atoms with van der Waals surface area (Å²) in [6.45, 7) is 2.24. The fourth-order valence-electron chi connectivity index (χ4n) is 3.51. The van der Waals surface area contributed by atoms with Gasteiger partial charge in [-0.2, -0.15) is 0 Å². The SMILES string of the molecule is COc1ccc(OC)c(/C=C2/SC(=Nc3cccc(C(=O)N4CCOCC4)c3)N(C)C2=O)c1. The van der Waals surface area contributed by atoms with E-state index in [1.165, 1.54) is 16.7 Å². The van der Waals surface area contributed by atoms with Crippen LogP contribution in [0, 0.1) is 0 Å². The molecular weight excluding hydrogens is 442 g/mol. The van der Waals surface area contributed by atoms with Gasteiger partial charge in [-0.25, -0.2) is 4.99 Å². The summed E-state index contributed by atoms with van der Waals surface area (Å²) >= 11 is 1.27. The molecule has 33 heavy (non-hydrogen) atoms. The highest BCUT2D eigenvalue weighted by Gasteiger charge is 2.31. The number of methoxy groups -OCH3 is 2. The molecule has 2 fully saturated rings. The Hall–Kier alpha value is -3.30. The van der Waals surface area contributed by atoms with Crippen molar-refractivity contribution in [1.29, 1.82) is 0 Å². The molecule has 0 bridgehead atoms. The van der Waals surface area contributed by atoms with Crippen molar-refractivity contribution in [3.05, 3.63) is 58.5 Å². The maximum atomic E-state index is 12.9. The van der Waals surface area contributed by atoms with Crippen LogP contribution in [0.15, 0.2) is 52.4 Å². The van der Waals surface area contributed by atoms with Gasteiger partial charge in [0.25, 0.3) is 11.8 Å². The van der Waals surface area contributed by atoms with Crippen molar-refractivity contribution in [3.8, 4) is 11.5 Å². The van der Waals surface area contributed by atoms with Crippen LogP contribution >= 0.6 is 11.8 Å². The van der Waals surface area contributed by atoms with Gasteiger partial charge in [0.05, 0.1) is 38.0 Å². The molecule has 2 aromatic rings. The van der Waals surface area contributed by atoms with E-state index in [-0.39, 0.29) is 11.8 Å². The minimum Gasteiger partial charge on any atom is -0.497 e. The molecule has 0 radical (unpaired) electrons. The summed E-state index contributed by atoms with van der Waals surface area (Å²) in [4.78, 5) is 34.1. The molecule has 0 N–H and O–H groups in total. The highest BCUT2D eigenvalue weighted by Crippen LogP contribution is 2.35. The summed E-state index contributed by atoms with van der Waals surface area (Å²) in [6.07, 6.45) is 1.77. The van der Waals surface area contributed by atoms with Crippen LogP contribution < -0.4 is 9.47 Å². The molecule has 8 nitrogen and oxygen atoms in total. The molecule has 0 aliphatic carbocycles. The molecule has 2 saturated heterocycles. The quantitative estimate of drug-likeness (QED) is 0.627. The van der Waals surface area contributed by atoms with E-state index in [2.05, 4.69) is 4.99 Å². The van der Waals surface area contributed by atoms with Gasteiger partial charge < -0.3 is 19.1 Å². The number of ether oxygens (including phenoxy) is 3. The van der Waals surface area contributed by atoms with Gasteiger partial charge >= 0.3 is 0 Å². The van der Waals surface area contributed by atoms with Gasteiger partial charge in [-0.15, -0.1) is 0 Å². The summed E-state index contributed by atoms with van der Waals surface area (Å²) in [7, 11) is 4.85. The van der Waals surface area contributed by atoms with Gasteiger partial charge in [-0.1, -0.05) is 6.07 Å². The van der Waals surface area contributed by atoms with Crippen LogP contribution in [0.25, 0.3) is 6.08 Å². The number of carbonyl (C=O) groups is 2. The number of amides is 2. The lowest BCUT2D eigenvalue weighted by Crippen LogP contribution is -2.40. The number of rotatable bonds is 5. The van der Waals surface area contributed by atoms with Gasteiger partial charge in [0.2, 0.25) is 0 Å². The molecule has 2 aromatic carbocycles. The molecule has 2 aliphatic rings. The predicted octanol–water partition coefficient (Wildman–Crippen LogP) is 3.41. The number of hydrogen-bond donors (Lipinski definition) is 0. The number of thioether (sulfide) groups is 1. The zero-order valence-corrected chi connectivity index (χ0v) is 19.6. The van der Waals surface area contributed by atoms with Gasteiger partial charge in [0.15, 0.2) is 5.17 Å². The lowest BCUT2D eigenvalue weighted by molar-refractivity contribution is -0.121. The standard InChI is InChI=1S/C24H25N3O5S/c1-26-23(29)21(15-17-14-19(30-2)7-8-20(17)31-3)33-24(26)25-18-6-4-5-16(13-18)22(28)27-9-11-32-12-10-27/h4-8,13-15H,9-12H2,1-3H3/b21-15+,25-24?. The number of likely N-dealkylation sites (N-methyl/N-ethyl adjacent to an activating group) is 1. The van der Waals surface area contributed by atoms with E-state index >= 15 is 0 Å². The van der Waals surface area contributed by atoms with Crippen molar-refractivity contribution in [2.45, 2.75) is 0 Å². The average Bonchev–Trinajstić information content (AvgIpc) is 3.11. The van der Waals surface area contributed by atoms with Crippen molar-refractivity contribution < 1.29 is 23.8 Å². The van der Waals surface area contributed by atoms with Crippen molar-refractivity contribution in [2.24, 2.45) is 4.99 Å². The van der Waals surface area contributed by atoms with Crippen molar-refractivity contribution in [2.75, 3.05) is 47.6 Å². The molecule has 0 spiro atoms. The van der Waals surface area contributed by atoms with Gasteiger partial charge in [0.1, 0.15) is 11.5 Å². The van der Waals surface area contributed by atoms with Gasteiger partial charge in [-0.05, 0) is 54.2 Å². The number of benzene rings is 2. The van der Waals surface area contributed by atoms with Crippen molar-refractivity contribution >= 4 is 40.5 Å². The molecule has 2 aliphatic heterocycles. The molecule has 2 heterocycles. The third-order valence-corrected chi connectivity index (χ3v) is 6.40. The first-order valence-electron chi connectivity index (χ1n) is 10.5. The Morgan fingerprint density at radius 3 is 2.64 bits per heavy atom. The van der Waals surface area contributed by atoms with Crippen LogP contribution in [0.2, 0.25) is 0 Å². The Labute approximate surface area is 196 Å². The number of amidine groups is 1. The molecule has 0 unspecified atom stereocenters. The highest BCUT2D eigenvalue weighted by molar-refractivity contribution is 8.18. The van der Waals surface area contributed by atoms with Crippen LogP contribution in [-0.4, -0.2) is 74.4 Å². The second kappa shape index (κ2) is 10.1. The van der Waals surface area contributed by atoms with E-state index in [0.717, 1.165) is 5.56 Å². The van der Waals surface area contributed by atoms with Crippen molar-refractivity contribution in [1.82, 2.24) is 9.80 Å². The minimum absolute atomic E-state index is 0.0467. The monoisotopic (exact) mass is 467 g/mol. The topological polar surface area (TPSA) is 80.7 Å². The average molecular weight is 468 g/mol. The van der Waals surface area contributed by atoms with Gasteiger partial charge in [0, 0.05) is 31.3 Å². The summed E-state index contributed by atoms with van der Waals surface area (Å²) in [6, 6.07) is 12.5. The molecule has 172 valence electrons. The van der Waals surface area contributed by atoms with E-state index in [4.69, 9.17) is 14.2 Å². The maximum absolute atomic E-state index is 12.9. The van der Waals surface area contributed by atoms with E-state index in [1.807, 2.05) is 12.1 Å². The molecule has 0 atom stereocenters. The molecule has 0 aromatic heterocycles. The number of nitrogens with zero attached hydrogens (tertiary/aromatic N) is 3. The van der Waals surface area contributed by atoms with E-state index < -0.39 is 0 Å². The zero-order chi connectivity index (χ0) is 23.4. The van der Waals surface area contributed by atoms with Gasteiger partial charge in [-0.3, -0.25) is 14.5 Å². The Balaban J connectivity index is 1.58. The normalized spacial score (nSPS) is 18.8. The highest BCUT2D eigenvalue weighted by atomic mass is 32.2. The summed E-state index contributed by atoms with van der Waals surface area (Å²) in [5.74, 6) is 1.10. The van der Waals surface area contributed by atoms with E-state index in [9.17, 15) is 9.59 Å². The minimum atomic E-state index is -0.163. The van der Waals surface area contributed by atoms with Crippen LogP contribution in [0.5, 0.6) is 11.5 Å². The molecule has 2 amide bonds. The summed E-state index contributed by atoms with van der Waals surface area (Å²) < 4.78 is 16.0. The van der Waals surface area contributed by atoms with Crippen LogP contribution in [0.4, 0.5) is 5.69 Å².